The zero-order chi connectivity index (χ0) is 15.8. The summed E-state index contributed by atoms with van der Waals surface area (Å²) in [6, 6.07) is 7.98. The van der Waals surface area contributed by atoms with Crippen molar-refractivity contribution in [2.24, 2.45) is 4.99 Å². The van der Waals surface area contributed by atoms with Crippen molar-refractivity contribution < 1.29 is 9.13 Å². The first-order valence-electron chi connectivity index (χ1n) is 7.02. The number of aliphatic imine (C=N–C) groups is 1. The number of ether oxygens (including phenoxy) is 1. The summed E-state index contributed by atoms with van der Waals surface area (Å²) in [6.45, 7) is 3.04. The number of aromatic amines is 1. The minimum atomic E-state index is -0.310. The summed E-state index contributed by atoms with van der Waals surface area (Å²) in [6.07, 6.45) is 1.56. The Kier molecular flexibility index (Phi) is 5.76. The fraction of sp³-hybridized carbons (Fsp3) is 0.333. The molecule has 22 heavy (non-hydrogen) atoms. The monoisotopic (exact) mass is 305 g/mol. The number of nitrogens with zero attached hydrogens (tertiary/aromatic N) is 2. The Morgan fingerprint density at radius 2 is 2.27 bits per heavy atom. The van der Waals surface area contributed by atoms with E-state index in [9.17, 15) is 4.39 Å². The summed E-state index contributed by atoms with van der Waals surface area (Å²) in [5.41, 5.74) is 0.965. The van der Waals surface area contributed by atoms with E-state index in [4.69, 9.17) is 4.74 Å². The second kappa shape index (κ2) is 8.02. The first-order valence-corrected chi connectivity index (χ1v) is 7.02. The largest absolute Gasteiger partial charge is 0.489 e. The van der Waals surface area contributed by atoms with Gasteiger partial charge in [-0.3, -0.25) is 10.1 Å². The van der Waals surface area contributed by atoms with Crippen LogP contribution in [-0.4, -0.2) is 35.9 Å². The molecular weight excluding hydrogens is 285 g/mol. The van der Waals surface area contributed by atoms with Gasteiger partial charge in [-0.1, -0.05) is 6.07 Å². The van der Waals surface area contributed by atoms with E-state index in [0.717, 1.165) is 5.69 Å². The van der Waals surface area contributed by atoms with Crippen LogP contribution in [0.2, 0.25) is 0 Å². The molecule has 2 rings (SSSR count). The Labute approximate surface area is 128 Å². The standard InChI is InChI=1S/C15H20FN5O/c1-11(22-14-5-3-4-12(16)8-14)9-18-15(17-2)19-10-13-6-7-20-21-13/h3-8,11H,9-10H2,1-2H3,(H,20,21)(H2,17,18,19). The van der Waals surface area contributed by atoms with E-state index >= 15 is 0 Å². The Morgan fingerprint density at radius 3 is 2.95 bits per heavy atom. The summed E-state index contributed by atoms with van der Waals surface area (Å²) in [5, 5.41) is 13.0. The van der Waals surface area contributed by atoms with Crippen LogP contribution in [0.5, 0.6) is 5.75 Å². The van der Waals surface area contributed by atoms with Crippen molar-refractivity contribution in [3.63, 3.8) is 0 Å². The lowest BCUT2D eigenvalue weighted by Crippen LogP contribution is -2.41. The predicted octanol–water partition coefficient (Wildman–Crippen LogP) is 1.68. The smallest absolute Gasteiger partial charge is 0.191 e. The van der Waals surface area contributed by atoms with Crippen LogP contribution >= 0.6 is 0 Å². The number of rotatable bonds is 6. The minimum Gasteiger partial charge on any atom is -0.489 e. The third-order valence-corrected chi connectivity index (χ3v) is 2.92. The second-order valence-electron chi connectivity index (χ2n) is 4.77. The normalized spacial score (nSPS) is 12.8. The molecule has 0 amide bonds. The molecule has 0 aliphatic carbocycles. The van der Waals surface area contributed by atoms with Crippen molar-refractivity contribution in [2.75, 3.05) is 13.6 Å². The fourth-order valence-corrected chi connectivity index (χ4v) is 1.84. The number of halogens is 1. The maximum atomic E-state index is 13.1. The van der Waals surface area contributed by atoms with Gasteiger partial charge >= 0.3 is 0 Å². The molecule has 1 heterocycles. The summed E-state index contributed by atoms with van der Waals surface area (Å²) < 4.78 is 18.7. The number of H-pyrrole nitrogens is 1. The first-order chi connectivity index (χ1) is 10.7. The van der Waals surface area contributed by atoms with Crippen molar-refractivity contribution in [3.05, 3.63) is 48.0 Å². The summed E-state index contributed by atoms with van der Waals surface area (Å²) in [5.74, 6) is 0.855. The van der Waals surface area contributed by atoms with E-state index in [1.54, 1.807) is 25.4 Å². The highest BCUT2D eigenvalue weighted by molar-refractivity contribution is 5.79. The van der Waals surface area contributed by atoms with Gasteiger partial charge in [0, 0.05) is 19.3 Å². The van der Waals surface area contributed by atoms with E-state index in [0.29, 0.717) is 24.8 Å². The highest BCUT2D eigenvalue weighted by atomic mass is 19.1. The highest BCUT2D eigenvalue weighted by Crippen LogP contribution is 2.13. The molecule has 1 atom stereocenters. The molecule has 1 aromatic carbocycles. The molecule has 0 saturated carbocycles. The van der Waals surface area contributed by atoms with Gasteiger partial charge in [0.1, 0.15) is 17.7 Å². The summed E-state index contributed by atoms with van der Waals surface area (Å²) in [4.78, 5) is 4.13. The molecule has 0 radical (unpaired) electrons. The zero-order valence-electron chi connectivity index (χ0n) is 12.6. The lowest BCUT2D eigenvalue weighted by atomic mass is 10.3. The number of benzene rings is 1. The topological polar surface area (TPSA) is 74.3 Å². The lowest BCUT2D eigenvalue weighted by molar-refractivity contribution is 0.223. The SMILES string of the molecule is CN=C(NCc1ccn[nH]1)NCC(C)Oc1cccc(F)c1. The number of nitrogens with one attached hydrogen (secondary N) is 3. The van der Waals surface area contributed by atoms with Crippen molar-refractivity contribution in [2.45, 2.75) is 19.6 Å². The van der Waals surface area contributed by atoms with Gasteiger partial charge in [-0.15, -0.1) is 0 Å². The zero-order valence-corrected chi connectivity index (χ0v) is 12.6. The third-order valence-electron chi connectivity index (χ3n) is 2.92. The second-order valence-corrected chi connectivity index (χ2v) is 4.77. The molecule has 3 N–H and O–H groups in total. The van der Waals surface area contributed by atoms with Crippen LogP contribution < -0.4 is 15.4 Å². The number of hydrogen-bond acceptors (Lipinski definition) is 3. The minimum absolute atomic E-state index is 0.132. The highest BCUT2D eigenvalue weighted by Gasteiger charge is 2.06. The van der Waals surface area contributed by atoms with Crippen molar-refractivity contribution >= 4 is 5.96 Å². The Bertz CT molecular complexity index is 600. The molecule has 118 valence electrons. The van der Waals surface area contributed by atoms with E-state index < -0.39 is 0 Å². The van der Waals surface area contributed by atoms with Crippen LogP contribution in [0.3, 0.4) is 0 Å². The molecule has 0 saturated heterocycles. The van der Waals surface area contributed by atoms with Gasteiger partial charge in [0.05, 0.1) is 18.8 Å². The molecule has 0 aliphatic heterocycles. The number of guanidine groups is 1. The molecule has 0 bridgehead atoms. The van der Waals surface area contributed by atoms with Crippen molar-refractivity contribution in [1.82, 2.24) is 20.8 Å². The van der Waals surface area contributed by atoms with Crippen LogP contribution in [0.4, 0.5) is 4.39 Å². The summed E-state index contributed by atoms with van der Waals surface area (Å²) in [7, 11) is 1.69. The molecule has 1 aromatic heterocycles. The summed E-state index contributed by atoms with van der Waals surface area (Å²) >= 11 is 0. The van der Waals surface area contributed by atoms with Gasteiger partial charge in [0.2, 0.25) is 0 Å². The quantitative estimate of drug-likeness (QED) is 0.561. The van der Waals surface area contributed by atoms with E-state index in [1.165, 1.54) is 12.1 Å². The van der Waals surface area contributed by atoms with Gasteiger partial charge in [-0.2, -0.15) is 5.10 Å². The molecular formula is C15H20FN5O. The van der Waals surface area contributed by atoms with Gasteiger partial charge in [0.25, 0.3) is 0 Å². The van der Waals surface area contributed by atoms with E-state index in [-0.39, 0.29) is 11.9 Å². The van der Waals surface area contributed by atoms with Gasteiger partial charge < -0.3 is 15.4 Å². The maximum Gasteiger partial charge on any atom is 0.191 e. The average Bonchev–Trinajstić information content (AvgIpc) is 3.01. The van der Waals surface area contributed by atoms with Crippen LogP contribution in [-0.2, 0) is 6.54 Å². The molecule has 6 nitrogen and oxygen atoms in total. The molecule has 2 aromatic rings. The van der Waals surface area contributed by atoms with E-state index in [2.05, 4.69) is 25.8 Å². The lowest BCUT2D eigenvalue weighted by Gasteiger charge is -2.17. The van der Waals surface area contributed by atoms with Gasteiger partial charge in [0.15, 0.2) is 5.96 Å². The van der Waals surface area contributed by atoms with Crippen LogP contribution in [0.1, 0.15) is 12.6 Å². The molecule has 1 unspecified atom stereocenters. The first kappa shape index (κ1) is 15.8. The molecule has 0 aliphatic rings. The van der Waals surface area contributed by atoms with Crippen LogP contribution in [0.25, 0.3) is 0 Å². The van der Waals surface area contributed by atoms with Crippen molar-refractivity contribution in [3.8, 4) is 5.75 Å². The van der Waals surface area contributed by atoms with Gasteiger partial charge in [-0.25, -0.2) is 4.39 Å². The van der Waals surface area contributed by atoms with Crippen LogP contribution in [0, 0.1) is 5.82 Å². The number of aromatic nitrogens is 2. The third kappa shape index (κ3) is 5.08. The predicted molar refractivity (Wildman–Crippen MR) is 83.3 cm³/mol. The number of hydrogen-bond donors (Lipinski definition) is 3. The van der Waals surface area contributed by atoms with Gasteiger partial charge in [-0.05, 0) is 25.1 Å². The Balaban J connectivity index is 1.75. The fourth-order valence-electron chi connectivity index (χ4n) is 1.84. The molecule has 0 fully saturated rings. The Morgan fingerprint density at radius 1 is 1.41 bits per heavy atom. The van der Waals surface area contributed by atoms with Crippen molar-refractivity contribution in [1.29, 1.82) is 0 Å². The molecule has 0 spiro atoms. The Hall–Kier alpha value is -2.57. The van der Waals surface area contributed by atoms with E-state index in [1.807, 2.05) is 13.0 Å². The average molecular weight is 305 g/mol. The molecule has 7 heteroatoms. The maximum absolute atomic E-state index is 13.1. The van der Waals surface area contributed by atoms with Crippen LogP contribution in [0.15, 0.2) is 41.5 Å².